The molecule has 1 N–H and O–H groups in total. The van der Waals surface area contributed by atoms with E-state index in [0.29, 0.717) is 0 Å². The highest BCUT2D eigenvalue weighted by Crippen LogP contribution is 2.13. The molecule has 0 radical (unpaired) electrons. The van der Waals surface area contributed by atoms with Crippen LogP contribution in [0, 0.1) is 0 Å². The molecule has 2 rings (SSSR count). The zero-order chi connectivity index (χ0) is 12.1. The Balaban J connectivity index is 2.00. The summed E-state index contributed by atoms with van der Waals surface area (Å²) in [6, 6.07) is 8.55. The number of rotatable bonds is 4. The van der Waals surface area contributed by atoms with Gasteiger partial charge < -0.3 is 5.32 Å². The smallest absolute Gasteiger partial charge is 0.0363 e. The predicted molar refractivity (Wildman–Crippen MR) is 72.4 cm³/mol. The van der Waals surface area contributed by atoms with Gasteiger partial charge in [-0.3, -0.25) is 9.11 Å². The van der Waals surface area contributed by atoms with E-state index in [9.17, 15) is 4.21 Å². The lowest BCUT2D eigenvalue weighted by atomic mass is 10.1. The first-order valence-electron chi connectivity index (χ1n) is 6.08. The Morgan fingerprint density at radius 1 is 1.24 bits per heavy atom. The number of benzene rings is 1. The van der Waals surface area contributed by atoms with Crippen molar-refractivity contribution in [3.05, 3.63) is 35.4 Å². The largest absolute Gasteiger partial charge is 0.316 e. The van der Waals surface area contributed by atoms with Crippen LogP contribution in [0.1, 0.15) is 11.1 Å². The highest BCUT2D eigenvalue weighted by Gasteiger charge is 2.15. The molecule has 1 saturated heterocycles. The van der Waals surface area contributed by atoms with Gasteiger partial charge in [-0.25, -0.2) is 0 Å². The monoisotopic (exact) mass is 252 g/mol. The molecule has 1 aromatic rings. The summed E-state index contributed by atoms with van der Waals surface area (Å²) < 4.78 is 11.3. The molecule has 3 nitrogen and oxygen atoms in total. The minimum Gasteiger partial charge on any atom is -0.316 e. The van der Waals surface area contributed by atoms with E-state index < -0.39 is 10.8 Å². The average molecular weight is 252 g/mol. The van der Waals surface area contributed by atoms with E-state index in [-0.39, 0.29) is 0 Å². The second kappa shape index (κ2) is 6.28. The summed E-state index contributed by atoms with van der Waals surface area (Å²) in [4.78, 5) is 2.40. The summed E-state index contributed by atoms with van der Waals surface area (Å²) in [6.07, 6.45) is 0. The maximum atomic E-state index is 11.3. The van der Waals surface area contributed by atoms with Gasteiger partial charge in [0.25, 0.3) is 0 Å². The van der Waals surface area contributed by atoms with Gasteiger partial charge in [-0.2, -0.15) is 0 Å². The first-order chi connectivity index (χ1) is 8.29. The van der Waals surface area contributed by atoms with Crippen molar-refractivity contribution in [1.82, 2.24) is 10.2 Å². The molecule has 0 bridgehead atoms. The highest BCUT2D eigenvalue weighted by atomic mass is 32.2. The van der Waals surface area contributed by atoms with Crippen molar-refractivity contribution >= 4 is 10.8 Å². The zero-order valence-corrected chi connectivity index (χ0v) is 11.1. The van der Waals surface area contributed by atoms with E-state index in [1.54, 1.807) is 0 Å². The normalized spacial score (nSPS) is 18.4. The van der Waals surface area contributed by atoms with E-state index in [4.69, 9.17) is 0 Å². The van der Waals surface area contributed by atoms with Gasteiger partial charge in [-0.05, 0) is 18.2 Å². The molecule has 0 spiro atoms. The van der Waals surface area contributed by atoms with Crippen LogP contribution < -0.4 is 5.32 Å². The van der Waals surface area contributed by atoms with E-state index in [0.717, 1.165) is 37.7 Å². The number of hydrogen-bond acceptors (Lipinski definition) is 3. The summed E-state index contributed by atoms with van der Waals surface area (Å²) >= 11 is 0. The summed E-state index contributed by atoms with van der Waals surface area (Å²) in [5.41, 5.74) is 2.75. The van der Waals surface area contributed by atoms with Gasteiger partial charge in [0.2, 0.25) is 0 Å². The molecule has 94 valence electrons. The fourth-order valence-corrected chi connectivity index (χ4v) is 3.28. The Morgan fingerprint density at radius 3 is 2.53 bits per heavy atom. The molecule has 0 atom stereocenters. The van der Waals surface area contributed by atoms with Crippen molar-refractivity contribution in [2.45, 2.75) is 13.1 Å². The van der Waals surface area contributed by atoms with Crippen LogP contribution in [-0.2, 0) is 23.9 Å². The third-order valence-corrected chi connectivity index (χ3v) is 4.43. The van der Waals surface area contributed by atoms with Crippen LogP contribution in [0.3, 0.4) is 0 Å². The van der Waals surface area contributed by atoms with E-state index in [2.05, 4.69) is 34.5 Å². The SMILES string of the molecule is CNCc1ccccc1CN1CCS(=O)CC1. The number of nitrogens with zero attached hydrogens (tertiary/aromatic N) is 1. The van der Waals surface area contributed by atoms with E-state index >= 15 is 0 Å². The molecule has 1 fully saturated rings. The molecule has 4 heteroatoms. The van der Waals surface area contributed by atoms with E-state index in [1.165, 1.54) is 11.1 Å². The summed E-state index contributed by atoms with van der Waals surface area (Å²) in [7, 11) is 1.39. The molecule has 0 aromatic heterocycles. The molecule has 1 heterocycles. The van der Waals surface area contributed by atoms with Crippen LogP contribution in [0.25, 0.3) is 0 Å². The molecule has 17 heavy (non-hydrogen) atoms. The maximum absolute atomic E-state index is 11.3. The van der Waals surface area contributed by atoms with Gasteiger partial charge >= 0.3 is 0 Å². The fraction of sp³-hybridized carbons (Fsp3) is 0.538. The number of hydrogen-bond donors (Lipinski definition) is 1. The Morgan fingerprint density at radius 2 is 1.88 bits per heavy atom. The quantitative estimate of drug-likeness (QED) is 0.866. The Hall–Kier alpha value is -0.710. The van der Waals surface area contributed by atoms with Crippen LogP contribution >= 0.6 is 0 Å². The second-order valence-corrected chi connectivity index (χ2v) is 6.12. The van der Waals surface area contributed by atoms with Crippen LogP contribution in [0.4, 0.5) is 0 Å². The lowest BCUT2D eigenvalue weighted by Crippen LogP contribution is -2.37. The van der Waals surface area contributed by atoms with Crippen molar-refractivity contribution in [1.29, 1.82) is 0 Å². The Kier molecular flexibility index (Phi) is 4.71. The van der Waals surface area contributed by atoms with Gasteiger partial charge in [0, 0.05) is 48.5 Å². The van der Waals surface area contributed by atoms with Gasteiger partial charge in [0.05, 0.1) is 0 Å². The van der Waals surface area contributed by atoms with E-state index in [1.807, 2.05) is 7.05 Å². The number of nitrogens with one attached hydrogen (secondary N) is 1. The molecule has 0 amide bonds. The topological polar surface area (TPSA) is 32.3 Å². The molecule has 0 unspecified atom stereocenters. The Labute approximate surface area is 106 Å². The van der Waals surface area contributed by atoms with Crippen molar-refractivity contribution in [2.24, 2.45) is 0 Å². The summed E-state index contributed by atoms with van der Waals surface area (Å²) in [6.45, 7) is 3.81. The highest BCUT2D eigenvalue weighted by molar-refractivity contribution is 7.85. The first kappa shape index (κ1) is 12.7. The van der Waals surface area contributed by atoms with Gasteiger partial charge in [0.1, 0.15) is 0 Å². The molecule has 1 aliphatic heterocycles. The molecule has 1 aliphatic rings. The molecule has 0 aliphatic carbocycles. The predicted octanol–water partition coefficient (Wildman–Crippen LogP) is 0.970. The minimum absolute atomic E-state index is 0.582. The third-order valence-electron chi connectivity index (χ3n) is 3.15. The second-order valence-electron chi connectivity index (χ2n) is 4.42. The summed E-state index contributed by atoms with van der Waals surface area (Å²) in [5.74, 6) is 1.66. The minimum atomic E-state index is -0.582. The van der Waals surface area contributed by atoms with Crippen molar-refractivity contribution in [3.8, 4) is 0 Å². The zero-order valence-electron chi connectivity index (χ0n) is 10.3. The van der Waals surface area contributed by atoms with Crippen molar-refractivity contribution < 1.29 is 4.21 Å². The molecular weight excluding hydrogens is 232 g/mol. The first-order valence-corrected chi connectivity index (χ1v) is 7.57. The Bertz CT molecular complexity index is 385. The van der Waals surface area contributed by atoms with Crippen LogP contribution in [0.5, 0.6) is 0 Å². The third kappa shape index (κ3) is 3.63. The van der Waals surface area contributed by atoms with Crippen LogP contribution in [-0.4, -0.2) is 40.8 Å². The van der Waals surface area contributed by atoms with Crippen LogP contribution in [0.2, 0.25) is 0 Å². The molecular formula is C13H20N2OS. The lowest BCUT2D eigenvalue weighted by molar-refractivity contribution is 0.290. The molecule has 0 saturated carbocycles. The summed E-state index contributed by atoms with van der Waals surface area (Å²) in [5, 5.41) is 3.20. The average Bonchev–Trinajstić information content (AvgIpc) is 2.35. The van der Waals surface area contributed by atoms with Crippen LogP contribution in [0.15, 0.2) is 24.3 Å². The van der Waals surface area contributed by atoms with Crippen molar-refractivity contribution in [3.63, 3.8) is 0 Å². The van der Waals surface area contributed by atoms with Gasteiger partial charge in [-0.1, -0.05) is 24.3 Å². The van der Waals surface area contributed by atoms with Gasteiger partial charge in [0.15, 0.2) is 0 Å². The van der Waals surface area contributed by atoms with Crippen molar-refractivity contribution in [2.75, 3.05) is 31.6 Å². The fourth-order valence-electron chi connectivity index (χ4n) is 2.15. The van der Waals surface area contributed by atoms with Gasteiger partial charge in [-0.15, -0.1) is 0 Å². The maximum Gasteiger partial charge on any atom is 0.0363 e. The molecule has 1 aromatic carbocycles. The lowest BCUT2D eigenvalue weighted by Gasteiger charge is -2.27. The standard InChI is InChI=1S/C13H20N2OS/c1-14-10-12-4-2-3-5-13(12)11-15-6-8-17(16)9-7-15/h2-5,14H,6-11H2,1H3.